The molecule has 0 unspecified atom stereocenters. The van der Waals surface area contributed by atoms with E-state index in [4.69, 9.17) is 0 Å². The van der Waals surface area contributed by atoms with Crippen molar-refractivity contribution in [2.45, 2.75) is 143 Å². The van der Waals surface area contributed by atoms with Crippen molar-refractivity contribution in [3.63, 3.8) is 0 Å². The molecule has 0 aromatic heterocycles. The minimum Gasteiger partial charge on any atom is -0.147 e. The van der Waals surface area contributed by atoms with Crippen molar-refractivity contribution >= 4 is 19.7 Å². The van der Waals surface area contributed by atoms with E-state index in [0.717, 1.165) is 0 Å². The van der Waals surface area contributed by atoms with E-state index in [2.05, 4.69) is 51.1 Å². The van der Waals surface area contributed by atoms with E-state index in [1.54, 1.807) is 24.0 Å². The maximum absolute atomic E-state index is 2.42. The fraction of sp³-hybridized carbons (Fsp3) is 0.806. The summed E-state index contributed by atoms with van der Waals surface area (Å²) in [5.41, 5.74) is 1.63. The van der Waals surface area contributed by atoms with Crippen molar-refractivity contribution in [3.8, 4) is 0 Å². The first kappa shape index (κ1) is 32.9. The number of benzene rings is 1. The van der Waals surface area contributed by atoms with Gasteiger partial charge in [-0.15, -0.1) is 12.4 Å². The summed E-state index contributed by atoms with van der Waals surface area (Å²) >= 11 is 0. The second kappa shape index (κ2) is 23.7. The van der Waals surface area contributed by atoms with Crippen molar-refractivity contribution in [2.24, 2.45) is 0 Å². The topological polar surface area (TPSA) is 0 Å². The van der Waals surface area contributed by atoms with Gasteiger partial charge in [-0.25, -0.2) is 0 Å². The molecule has 0 saturated carbocycles. The van der Waals surface area contributed by atoms with Crippen LogP contribution in [0.15, 0.2) is 30.3 Å². The maximum atomic E-state index is 2.42. The fourth-order valence-electron chi connectivity index (χ4n) is 5.23. The van der Waals surface area contributed by atoms with Crippen molar-refractivity contribution in [2.75, 3.05) is 18.5 Å². The molecular formula is C31H59ClP+. The Morgan fingerprint density at radius 3 is 1.15 bits per heavy atom. The number of hydrogen-bond acceptors (Lipinski definition) is 0. The van der Waals surface area contributed by atoms with Gasteiger partial charge < -0.3 is 0 Å². The van der Waals surface area contributed by atoms with Crippen molar-refractivity contribution in [1.29, 1.82) is 0 Å². The molecule has 0 aliphatic heterocycles. The van der Waals surface area contributed by atoms with E-state index < -0.39 is 7.26 Å². The van der Waals surface area contributed by atoms with Crippen LogP contribution in [0.4, 0.5) is 0 Å². The van der Waals surface area contributed by atoms with E-state index in [-0.39, 0.29) is 12.4 Å². The van der Waals surface area contributed by atoms with E-state index in [1.807, 2.05) is 0 Å². The molecule has 0 saturated heterocycles. The Kier molecular flexibility index (Phi) is 23.6. The SMILES string of the molecule is CCCCCCCC[P+](CCCCCCCC)(CCCCCCCC)Cc1ccccc1.Cl. The zero-order valence-electron chi connectivity index (χ0n) is 22.8. The third-order valence-electron chi connectivity index (χ3n) is 7.32. The molecule has 0 radical (unpaired) electrons. The second-order valence-corrected chi connectivity index (χ2v) is 14.8. The molecule has 0 aliphatic carbocycles. The summed E-state index contributed by atoms with van der Waals surface area (Å²) in [4.78, 5) is 0. The second-order valence-electron chi connectivity index (χ2n) is 10.5. The molecule has 0 heterocycles. The highest BCUT2D eigenvalue weighted by Gasteiger charge is 2.35. The number of hydrogen-bond donors (Lipinski definition) is 0. The maximum Gasteiger partial charge on any atom is 0.0842 e. The first-order chi connectivity index (χ1) is 15.8. The third kappa shape index (κ3) is 17.9. The summed E-state index contributed by atoms with van der Waals surface area (Å²) in [5, 5.41) is 0. The van der Waals surface area contributed by atoms with Crippen LogP contribution in [0.3, 0.4) is 0 Å². The molecule has 33 heavy (non-hydrogen) atoms. The van der Waals surface area contributed by atoms with Crippen LogP contribution in [0.1, 0.15) is 142 Å². The first-order valence-electron chi connectivity index (χ1n) is 14.7. The van der Waals surface area contributed by atoms with Crippen LogP contribution in [0, 0.1) is 0 Å². The molecule has 1 aromatic carbocycles. The molecule has 1 aromatic rings. The van der Waals surface area contributed by atoms with Crippen LogP contribution in [0.2, 0.25) is 0 Å². The molecule has 0 N–H and O–H groups in total. The highest BCUT2D eigenvalue weighted by Crippen LogP contribution is 2.63. The van der Waals surface area contributed by atoms with E-state index in [9.17, 15) is 0 Å². The van der Waals surface area contributed by atoms with Gasteiger partial charge in [-0.3, -0.25) is 0 Å². The Bertz CT molecular complexity index is 460. The summed E-state index contributed by atoms with van der Waals surface area (Å²) in [7, 11) is -0.885. The first-order valence-corrected chi connectivity index (χ1v) is 17.2. The van der Waals surface area contributed by atoms with Gasteiger partial charge in [0, 0.05) is 7.26 Å². The highest BCUT2D eigenvalue weighted by atomic mass is 35.5. The molecular weight excluding hydrogens is 439 g/mol. The Morgan fingerprint density at radius 1 is 0.455 bits per heavy atom. The lowest BCUT2D eigenvalue weighted by atomic mass is 10.1. The molecule has 0 bridgehead atoms. The Labute approximate surface area is 216 Å². The Balaban J connectivity index is 0.0000102. The van der Waals surface area contributed by atoms with Gasteiger partial charge in [0.15, 0.2) is 0 Å². The van der Waals surface area contributed by atoms with Gasteiger partial charge in [0.1, 0.15) is 0 Å². The molecule has 0 atom stereocenters. The molecule has 1 rings (SSSR count). The zero-order valence-corrected chi connectivity index (χ0v) is 24.5. The Morgan fingerprint density at radius 2 is 0.788 bits per heavy atom. The van der Waals surface area contributed by atoms with Crippen molar-refractivity contribution in [3.05, 3.63) is 35.9 Å². The van der Waals surface area contributed by atoms with Gasteiger partial charge in [0.05, 0.1) is 24.6 Å². The fourth-order valence-corrected chi connectivity index (χ4v) is 10.0. The molecule has 0 fully saturated rings. The van der Waals surface area contributed by atoms with Crippen LogP contribution in [-0.2, 0) is 6.16 Å². The molecule has 0 nitrogen and oxygen atoms in total. The van der Waals surface area contributed by atoms with E-state index in [1.165, 1.54) is 122 Å². The van der Waals surface area contributed by atoms with Crippen molar-refractivity contribution in [1.82, 2.24) is 0 Å². The third-order valence-corrected chi connectivity index (χ3v) is 12.1. The minimum absolute atomic E-state index is 0. The average molecular weight is 498 g/mol. The standard InChI is InChI=1S/C31H58P.ClH/c1-4-7-10-13-16-22-27-32(28-23-17-14-11-8-5-2,29-24-18-15-12-9-6-3)30-31-25-20-19-21-26-31;/h19-21,25-26H,4-18,22-24,27-30H2,1-3H3;1H/q+1;. The van der Waals surface area contributed by atoms with Crippen LogP contribution in [0.25, 0.3) is 0 Å². The van der Waals surface area contributed by atoms with Gasteiger partial charge in [-0.2, -0.15) is 0 Å². The average Bonchev–Trinajstić information content (AvgIpc) is 2.81. The van der Waals surface area contributed by atoms with E-state index >= 15 is 0 Å². The van der Waals surface area contributed by atoms with E-state index in [0.29, 0.717) is 0 Å². The molecule has 0 aliphatic rings. The van der Waals surface area contributed by atoms with Crippen molar-refractivity contribution < 1.29 is 0 Å². The predicted molar refractivity (Wildman–Crippen MR) is 159 cm³/mol. The van der Waals surface area contributed by atoms with Crippen LogP contribution in [0.5, 0.6) is 0 Å². The summed E-state index contributed by atoms with van der Waals surface area (Å²) in [6, 6.07) is 11.6. The molecule has 0 spiro atoms. The summed E-state index contributed by atoms with van der Waals surface area (Å²) in [5.74, 6) is 0. The lowest BCUT2D eigenvalue weighted by Gasteiger charge is -2.28. The van der Waals surface area contributed by atoms with Crippen LogP contribution in [-0.4, -0.2) is 18.5 Å². The molecule has 2 heteroatoms. The van der Waals surface area contributed by atoms with Gasteiger partial charge in [0.2, 0.25) is 0 Å². The van der Waals surface area contributed by atoms with Crippen LogP contribution < -0.4 is 0 Å². The number of halogens is 1. The smallest absolute Gasteiger partial charge is 0.0842 e. The lowest BCUT2D eigenvalue weighted by Crippen LogP contribution is -2.12. The molecule has 0 amide bonds. The summed E-state index contributed by atoms with van der Waals surface area (Å²) < 4.78 is 0. The minimum atomic E-state index is -0.885. The summed E-state index contributed by atoms with van der Waals surface area (Å²) in [6.07, 6.45) is 32.2. The Hall–Kier alpha value is -0.0600. The number of rotatable bonds is 23. The van der Waals surface area contributed by atoms with Gasteiger partial charge in [-0.05, 0) is 44.1 Å². The van der Waals surface area contributed by atoms with Gasteiger partial charge in [-0.1, -0.05) is 128 Å². The highest BCUT2D eigenvalue weighted by molar-refractivity contribution is 7.75. The molecule has 194 valence electrons. The quantitative estimate of drug-likeness (QED) is 0.104. The normalized spacial score (nSPS) is 11.5. The van der Waals surface area contributed by atoms with Gasteiger partial charge in [0.25, 0.3) is 0 Å². The largest absolute Gasteiger partial charge is 0.147 e. The monoisotopic (exact) mass is 497 g/mol. The van der Waals surface area contributed by atoms with Gasteiger partial charge >= 0.3 is 0 Å². The predicted octanol–water partition coefficient (Wildman–Crippen LogP) is 11.7. The van der Waals surface area contributed by atoms with Crippen LogP contribution >= 0.6 is 19.7 Å². The summed E-state index contributed by atoms with van der Waals surface area (Å²) in [6.45, 7) is 6.99. The zero-order chi connectivity index (χ0) is 23.2. The number of unbranched alkanes of at least 4 members (excludes halogenated alkanes) is 15. The lowest BCUT2D eigenvalue weighted by molar-refractivity contribution is 0.615.